The summed E-state index contributed by atoms with van der Waals surface area (Å²) >= 11 is 18.3. The number of hydrogen-bond donors (Lipinski definition) is 1. The van der Waals surface area contributed by atoms with Gasteiger partial charge in [-0.3, -0.25) is 4.79 Å². The molecule has 1 aromatic heterocycles. The number of pyridine rings is 1. The highest BCUT2D eigenvalue weighted by molar-refractivity contribution is 9.11. The fourth-order valence-electron chi connectivity index (χ4n) is 1.41. The number of amides is 1. The number of nitrogens with zero attached hydrogens (tertiary/aromatic N) is 1. The van der Waals surface area contributed by atoms with Crippen LogP contribution in [0, 0.1) is 0 Å². The fraction of sp³-hybridized carbons (Fsp3) is 0.0769. The first-order valence-electron chi connectivity index (χ1n) is 5.64. The Balaban J connectivity index is 1.96. The van der Waals surface area contributed by atoms with E-state index in [1.54, 1.807) is 6.07 Å². The molecular formula is C13H8Br2Cl2N2O2. The third kappa shape index (κ3) is 4.85. The van der Waals surface area contributed by atoms with Crippen molar-refractivity contribution in [2.24, 2.45) is 0 Å². The maximum absolute atomic E-state index is 11.8. The van der Waals surface area contributed by atoms with Gasteiger partial charge in [-0.2, -0.15) is 0 Å². The zero-order valence-electron chi connectivity index (χ0n) is 10.4. The average molecular weight is 455 g/mol. The molecule has 0 bridgehead atoms. The van der Waals surface area contributed by atoms with Crippen LogP contribution >= 0.6 is 55.1 Å². The molecule has 0 unspecified atom stereocenters. The van der Waals surface area contributed by atoms with Crippen LogP contribution in [0.5, 0.6) is 5.75 Å². The van der Waals surface area contributed by atoms with E-state index in [4.69, 9.17) is 27.9 Å². The van der Waals surface area contributed by atoms with Crippen molar-refractivity contribution in [1.82, 2.24) is 4.98 Å². The molecule has 1 aromatic carbocycles. The molecule has 1 amide bonds. The van der Waals surface area contributed by atoms with Crippen molar-refractivity contribution in [3.63, 3.8) is 0 Å². The van der Waals surface area contributed by atoms with Crippen LogP contribution in [0.2, 0.25) is 10.0 Å². The molecular weight excluding hydrogens is 447 g/mol. The summed E-state index contributed by atoms with van der Waals surface area (Å²) in [7, 11) is 0. The first-order chi connectivity index (χ1) is 9.95. The molecule has 8 heteroatoms. The predicted molar refractivity (Wildman–Crippen MR) is 90.2 cm³/mol. The second-order valence-electron chi connectivity index (χ2n) is 3.90. The second kappa shape index (κ2) is 7.45. The number of ether oxygens (including phenoxy) is 1. The number of benzene rings is 1. The molecule has 4 nitrogen and oxygen atoms in total. The van der Waals surface area contributed by atoms with Crippen molar-refractivity contribution < 1.29 is 9.53 Å². The van der Waals surface area contributed by atoms with Crippen LogP contribution in [0.3, 0.4) is 0 Å². The Kier molecular flexibility index (Phi) is 5.87. The van der Waals surface area contributed by atoms with E-state index in [9.17, 15) is 4.79 Å². The van der Waals surface area contributed by atoms with E-state index in [1.807, 2.05) is 12.1 Å². The van der Waals surface area contributed by atoms with Crippen LogP contribution in [0.25, 0.3) is 0 Å². The maximum Gasteiger partial charge on any atom is 0.263 e. The van der Waals surface area contributed by atoms with Gasteiger partial charge in [0.15, 0.2) is 12.4 Å². The molecule has 0 atom stereocenters. The van der Waals surface area contributed by atoms with Gasteiger partial charge in [0.2, 0.25) is 0 Å². The Bertz CT molecular complexity index is 683. The Morgan fingerprint density at radius 2 is 2.05 bits per heavy atom. The Morgan fingerprint density at radius 3 is 2.71 bits per heavy atom. The summed E-state index contributed by atoms with van der Waals surface area (Å²) in [6.07, 6.45) is 1.40. The summed E-state index contributed by atoms with van der Waals surface area (Å²) in [6, 6.07) is 6.88. The number of nitrogens with one attached hydrogen (secondary N) is 1. The van der Waals surface area contributed by atoms with E-state index in [-0.39, 0.29) is 23.4 Å². The third-order valence-electron chi connectivity index (χ3n) is 2.32. The average Bonchev–Trinajstić information content (AvgIpc) is 2.41. The third-order valence-corrected chi connectivity index (χ3v) is 3.93. The van der Waals surface area contributed by atoms with Crippen LogP contribution in [-0.2, 0) is 4.79 Å². The van der Waals surface area contributed by atoms with Gasteiger partial charge in [0, 0.05) is 10.7 Å². The Labute approximate surface area is 148 Å². The number of halogens is 4. The van der Waals surface area contributed by atoms with Crippen LogP contribution in [-0.4, -0.2) is 17.5 Å². The molecule has 0 aliphatic heterocycles. The lowest BCUT2D eigenvalue weighted by Gasteiger charge is -2.09. The molecule has 0 saturated carbocycles. The van der Waals surface area contributed by atoms with E-state index >= 15 is 0 Å². The fourth-order valence-corrected chi connectivity index (χ4v) is 3.00. The number of anilines is 1. The normalized spacial score (nSPS) is 10.3. The predicted octanol–water partition coefficient (Wildman–Crippen LogP) is 4.93. The lowest BCUT2D eigenvalue weighted by Crippen LogP contribution is -2.21. The standard InChI is InChI=1S/C13H8Br2Cl2N2O2/c14-7-1-2-11(9(15)3-7)21-6-12(20)19-13-10(17)4-8(16)5-18-13/h1-5H,6H2,(H,18,19,20). The number of rotatable bonds is 4. The molecule has 2 aromatic rings. The van der Waals surface area contributed by atoms with Gasteiger partial charge in [0.1, 0.15) is 5.75 Å². The summed E-state index contributed by atoms with van der Waals surface area (Å²) in [5, 5.41) is 3.21. The number of carbonyl (C=O) groups excluding carboxylic acids is 1. The minimum atomic E-state index is -0.374. The SMILES string of the molecule is O=C(COc1ccc(Br)cc1Br)Nc1ncc(Cl)cc1Cl. The molecule has 1 heterocycles. The summed E-state index contributed by atoms with van der Waals surface area (Å²) in [5.74, 6) is 0.426. The van der Waals surface area contributed by atoms with Crippen molar-refractivity contribution in [3.8, 4) is 5.75 Å². The van der Waals surface area contributed by atoms with Gasteiger partial charge < -0.3 is 10.1 Å². The van der Waals surface area contributed by atoms with Crippen LogP contribution < -0.4 is 10.1 Å². The Hall–Kier alpha value is -0.820. The second-order valence-corrected chi connectivity index (χ2v) is 6.51. The molecule has 1 N–H and O–H groups in total. The molecule has 0 radical (unpaired) electrons. The monoisotopic (exact) mass is 452 g/mol. The number of aromatic nitrogens is 1. The topological polar surface area (TPSA) is 51.2 Å². The molecule has 0 spiro atoms. The van der Waals surface area contributed by atoms with Gasteiger partial charge in [-0.1, -0.05) is 39.1 Å². The Morgan fingerprint density at radius 1 is 1.29 bits per heavy atom. The maximum atomic E-state index is 11.8. The quantitative estimate of drug-likeness (QED) is 0.712. The number of carbonyl (C=O) groups is 1. The van der Waals surface area contributed by atoms with Gasteiger partial charge in [-0.05, 0) is 40.2 Å². The van der Waals surface area contributed by atoms with E-state index in [0.29, 0.717) is 10.8 Å². The van der Waals surface area contributed by atoms with Crippen LogP contribution in [0.15, 0.2) is 39.4 Å². The molecule has 0 aliphatic rings. The van der Waals surface area contributed by atoms with Gasteiger partial charge >= 0.3 is 0 Å². The van der Waals surface area contributed by atoms with Gasteiger partial charge in [0.05, 0.1) is 14.5 Å². The van der Waals surface area contributed by atoms with E-state index in [2.05, 4.69) is 42.2 Å². The molecule has 110 valence electrons. The summed E-state index contributed by atoms with van der Waals surface area (Å²) in [6.45, 7) is -0.166. The summed E-state index contributed by atoms with van der Waals surface area (Å²) < 4.78 is 7.06. The lowest BCUT2D eigenvalue weighted by atomic mass is 10.3. The summed E-state index contributed by atoms with van der Waals surface area (Å²) in [4.78, 5) is 15.7. The minimum absolute atomic E-state index is 0.166. The lowest BCUT2D eigenvalue weighted by molar-refractivity contribution is -0.118. The smallest absolute Gasteiger partial charge is 0.263 e. The van der Waals surface area contributed by atoms with Crippen molar-refractivity contribution in [2.45, 2.75) is 0 Å². The number of hydrogen-bond acceptors (Lipinski definition) is 3. The highest BCUT2D eigenvalue weighted by atomic mass is 79.9. The van der Waals surface area contributed by atoms with Crippen molar-refractivity contribution in [3.05, 3.63) is 49.5 Å². The molecule has 21 heavy (non-hydrogen) atoms. The molecule has 0 fully saturated rings. The first-order valence-corrected chi connectivity index (χ1v) is 7.98. The van der Waals surface area contributed by atoms with Crippen molar-refractivity contribution in [2.75, 3.05) is 11.9 Å². The van der Waals surface area contributed by atoms with Crippen LogP contribution in [0.1, 0.15) is 0 Å². The van der Waals surface area contributed by atoms with Crippen LogP contribution in [0.4, 0.5) is 5.82 Å². The minimum Gasteiger partial charge on any atom is -0.483 e. The van der Waals surface area contributed by atoms with Gasteiger partial charge in [0.25, 0.3) is 5.91 Å². The zero-order chi connectivity index (χ0) is 15.4. The van der Waals surface area contributed by atoms with E-state index in [0.717, 1.165) is 8.95 Å². The van der Waals surface area contributed by atoms with Gasteiger partial charge in [-0.15, -0.1) is 0 Å². The first kappa shape index (κ1) is 16.5. The molecule has 2 rings (SSSR count). The highest BCUT2D eigenvalue weighted by Gasteiger charge is 2.10. The zero-order valence-corrected chi connectivity index (χ0v) is 15.1. The van der Waals surface area contributed by atoms with Crippen molar-refractivity contribution >= 4 is 66.8 Å². The van der Waals surface area contributed by atoms with Gasteiger partial charge in [-0.25, -0.2) is 4.98 Å². The van der Waals surface area contributed by atoms with Crippen molar-refractivity contribution in [1.29, 1.82) is 0 Å². The van der Waals surface area contributed by atoms with E-state index < -0.39 is 0 Å². The summed E-state index contributed by atoms with van der Waals surface area (Å²) in [5.41, 5.74) is 0. The van der Waals surface area contributed by atoms with E-state index in [1.165, 1.54) is 12.3 Å². The largest absolute Gasteiger partial charge is 0.483 e. The molecule has 0 saturated heterocycles. The molecule has 0 aliphatic carbocycles. The highest BCUT2D eigenvalue weighted by Crippen LogP contribution is 2.28.